The molecule has 3 atom stereocenters. The van der Waals surface area contributed by atoms with E-state index in [1.165, 1.54) is 18.9 Å². The molecule has 0 aromatic carbocycles. The molecule has 84 valence electrons. The van der Waals surface area contributed by atoms with Gasteiger partial charge in [-0.25, -0.2) is 4.79 Å². The van der Waals surface area contributed by atoms with Crippen molar-refractivity contribution >= 4 is 5.97 Å². The van der Waals surface area contributed by atoms with Crippen LogP contribution in [0.25, 0.3) is 0 Å². The molecule has 0 aromatic rings. The summed E-state index contributed by atoms with van der Waals surface area (Å²) >= 11 is 0. The Hall–Kier alpha value is -0.790. The molecule has 0 aliphatic heterocycles. The van der Waals surface area contributed by atoms with Crippen molar-refractivity contribution in [3.8, 4) is 0 Å². The number of esters is 1. The molecule has 2 bridgehead atoms. The van der Waals surface area contributed by atoms with Crippen LogP contribution in [0.5, 0.6) is 0 Å². The fraction of sp³-hybridized carbons (Fsp3) is 0.769. The van der Waals surface area contributed by atoms with Gasteiger partial charge in [0, 0.05) is 12.0 Å². The molecule has 0 aromatic heterocycles. The van der Waals surface area contributed by atoms with Gasteiger partial charge in [-0.3, -0.25) is 0 Å². The number of rotatable bonds is 2. The third kappa shape index (κ3) is 1.42. The number of carbonyl (C=O) groups excluding carboxylic acids is 1. The first kappa shape index (κ1) is 10.7. The predicted octanol–water partition coefficient (Wildman–Crippen LogP) is 2.93. The van der Waals surface area contributed by atoms with E-state index in [-0.39, 0.29) is 11.6 Å². The van der Waals surface area contributed by atoms with E-state index in [2.05, 4.69) is 27.4 Å². The molecule has 3 aliphatic rings. The fourth-order valence-electron chi connectivity index (χ4n) is 3.57. The highest BCUT2D eigenvalue weighted by molar-refractivity contribution is 5.81. The van der Waals surface area contributed by atoms with Crippen molar-refractivity contribution in [2.75, 3.05) is 0 Å². The summed E-state index contributed by atoms with van der Waals surface area (Å²) in [7, 11) is 0. The van der Waals surface area contributed by atoms with Crippen molar-refractivity contribution in [3.05, 3.63) is 12.7 Å². The maximum atomic E-state index is 11.3. The van der Waals surface area contributed by atoms with E-state index >= 15 is 0 Å². The molecule has 3 fully saturated rings. The Morgan fingerprint density at radius 3 is 2.60 bits per heavy atom. The van der Waals surface area contributed by atoms with Crippen LogP contribution >= 0.6 is 0 Å². The van der Waals surface area contributed by atoms with E-state index in [4.69, 9.17) is 4.74 Å². The van der Waals surface area contributed by atoms with Gasteiger partial charge in [-0.2, -0.15) is 0 Å². The second kappa shape index (κ2) is 3.10. The lowest BCUT2D eigenvalue weighted by Gasteiger charge is -2.63. The highest BCUT2D eigenvalue weighted by atomic mass is 16.6. The Morgan fingerprint density at radius 1 is 1.47 bits per heavy atom. The molecular weight excluding hydrogens is 188 g/mol. The Morgan fingerprint density at radius 2 is 2.13 bits per heavy atom. The standard InChI is InChI=1S/C13H20O2/c1-5-11(14)15-13(4)7-6-9-8-10(13)12(9,2)3/h5,9-10H,1,6-8H2,2-4H3. The largest absolute Gasteiger partial charge is 0.456 e. The van der Waals surface area contributed by atoms with E-state index in [0.29, 0.717) is 11.3 Å². The third-order valence-corrected chi connectivity index (χ3v) is 4.70. The van der Waals surface area contributed by atoms with Crippen LogP contribution in [0.15, 0.2) is 12.7 Å². The van der Waals surface area contributed by atoms with Crippen LogP contribution in [0.2, 0.25) is 0 Å². The maximum Gasteiger partial charge on any atom is 0.330 e. The van der Waals surface area contributed by atoms with Crippen molar-refractivity contribution in [1.29, 1.82) is 0 Å². The van der Waals surface area contributed by atoms with Gasteiger partial charge in [0.1, 0.15) is 5.60 Å². The average Bonchev–Trinajstić information content (AvgIpc) is 2.16. The molecular formula is C13H20O2. The van der Waals surface area contributed by atoms with E-state index in [1.54, 1.807) is 0 Å². The quantitative estimate of drug-likeness (QED) is 0.515. The summed E-state index contributed by atoms with van der Waals surface area (Å²) in [5.74, 6) is 1.07. The number of hydrogen-bond donors (Lipinski definition) is 0. The smallest absolute Gasteiger partial charge is 0.330 e. The first-order valence-corrected chi connectivity index (χ1v) is 5.75. The molecule has 15 heavy (non-hydrogen) atoms. The summed E-state index contributed by atoms with van der Waals surface area (Å²) in [4.78, 5) is 11.3. The fourth-order valence-corrected chi connectivity index (χ4v) is 3.57. The third-order valence-electron chi connectivity index (χ3n) is 4.70. The van der Waals surface area contributed by atoms with Crippen molar-refractivity contribution in [3.63, 3.8) is 0 Å². The Labute approximate surface area is 91.7 Å². The first-order valence-electron chi connectivity index (χ1n) is 5.75. The highest BCUT2D eigenvalue weighted by Gasteiger charge is 2.60. The van der Waals surface area contributed by atoms with Crippen molar-refractivity contribution in [1.82, 2.24) is 0 Å². The summed E-state index contributed by atoms with van der Waals surface area (Å²) < 4.78 is 5.56. The highest BCUT2D eigenvalue weighted by Crippen LogP contribution is 2.63. The second-order valence-corrected chi connectivity index (χ2v) is 5.78. The number of carbonyl (C=O) groups is 1. The number of fused-ring (bicyclic) bond motifs is 2. The lowest BCUT2D eigenvalue weighted by Crippen LogP contribution is -2.61. The molecule has 2 nitrogen and oxygen atoms in total. The van der Waals surface area contributed by atoms with Gasteiger partial charge in [-0.15, -0.1) is 0 Å². The predicted molar refractivity (Wildman–Crippen MR) is 59.3 cm³/mol. The van der Waals surface area contributed by atoms with E-state index < -0.39 is 0 Å². The zero-order chi connectivity index (χ0) is 11.3. The van der Waals surface area contributed by atoms with Crippen molar-refractivity contribution < 1.29 is 9.53 Å². The van der Waals surface area contributed by atoms with Gasteiger partial charge in [0.2, 0.25) is 0 Å². The van der Waals surface area contributed by atoms with Crippen LogP contribution in [0.4, 0.5) is 0 Å². The first-order chi connectivity index (χ1) is 6.90. The molecule has 0 N–H and O–H groups in total. The van der Waals surface area contributed by atoms with Crippen LogP contribution in [-0.2, 0) is 9.53 Å². The summed E-state index contributed by atoms with van der Waals surface area (Å²) in [5.41, 5.74) is 0.0813. The van der Waals surface area contributed by atoms with E-state index in [0.717, 1.165) is 12.3 Å². The normalized spacial score (nSPS) is 41.5. The Balaban J connectivity index is 2.15. The molecule has 3 rings (SSSR count). The van der Waals surface area contributed by atoms with Crippen molar-refractivity contribution in [2.24, 2.45) is 17.3 Å². The molecule has 2 heteroatoms. The SMILES string of the molecule is C=CC(=O)OC1(C)CCC2CC1C2(C)C. The lowest BCUT2D eigenvalue weighted by molar-refractivity contribution is -0.214. The minimum atomic E-state index is -0.279. The molecule has 0 heterocycles. The molecule has 3 saturated carbocycles. The van der Waals surface area contributed by atoms with Crippen LogP contribution in [0.1, 0.15) is 40.0 Å². The average molecular weight is 208 g/mol. The van der Waals surface area contributed by atoms with Crippen molar-refractivity contribution in [2.45, 2.75) is 45.6 Å². The van der Waals surface area contributed by atoms with Crippen LogP contribution < -0.4 is 0 Å². The molecule has 0 amide bonds. The molecule has 3 aliphatic carbocycles. The van der Waals surface area contributed by atoms with Crippen LogP contribution in [0.3, 0.4) is 0 Å². The van der Waals surface area contributed by atoms with Gasteiger partial charge >= 0.3 is 5.97 Å². The summed E-state index contributed by atoms with van der Waals surface area (Å²) in [6, 6.07) is 0. The summed E-state index contributed by atoms with van der Waals surface area (Å²) in [5, 5.41) is 0. The van der Waals surface area contributed by atoms with Gasteiger partial charge in [0.05, 0.1) is 0 Å². The molecule has 3 unspecified atom stereocenters. The summed E-state index contributed by atoms with van der Waals surface area (Å²) in [6.07, 6.45) is 4.67. The molecule has 0 spiro atoms. The Kier molecular flexibility index (Phi) is 2.21. The zero-order valence-electron chi connectivity index (χ0n) is 9.88. The number of hydrogen-bond acceptors (Lipinski definition) is 2. The van der Waals surface area contributed by atoms with E-state index in [9.17, 15) is 4.79 Å². The van der Waals surface area contributed by atoms with Crippen LogP contribution in [-0.4, -0.2) is 11.6 Å². The summed E-state index contributed by atoms with van der Waals surface area (Å²) in [6.45, 7) is 10.1. The molecule has 0 saturated heterocycles. The molecule has 0 radical (unpaired) electrons. The maximum absolute atomic E-state index is 11.3. The van der Waals surface area contributed by atoms with E-state index in [1.807, 2.05) is 0 Å². The van der Waals surface area contributed by atoms with Gasteiger partial charge < -0.3 is 4.74 Å². The van der Waals surface area contributed by atoms with Crippen LogP contribution in [0, 0.1) is 17.3 Å². The monoisotopic (exact) mass is 208 g/mol. The van der Waals surface area contributed by atoms with Gasteiger partial charge in [0.15, 0.2) is 0 Å². The Bertz CT molecular complexity index is 304. The van der Waals surface area contributed by atoms with Gasteiger partial charge in [-0.05, 0) is 37.5 Å². The van der Waals surface area contributed by atoms with Gasteiger partial charge in [-0.1, -0.05) is 20.4 Å². The number of ether oxygens (including phenoxy) is 1. The van der Waals surface area contributed by atoms with Gasteiger partial charge in [0.25, 0.3) is 0 Å². The zero-order valence-corrected chi connectivity index (χ0v) is 9.88. The second-order valence-electron chi connectivity index (χ2n) is 5.78. The minimum Gasteiger partial charge on any atom is -0.456 e. The topological polar surface area (TPSA) is 26.3 Å². The minimum absolute atomic E-state index is 0.260. The lowest BCUT2D eigenvalue weighted by atomic mass is 9.44.